The lowest BCUT2D eigenvalue weighted by Crippen LogP contribution is -2.35. The molecule has 6 heteroatoms. The number of hydrogen-bond donors (Lipinski definition) is 4. The SMILES string of the molecule is O=C(NCC(O)C(O)c1ccc(CCO)cc1)OCc1ccccc1. The van der Waals surface area contributed by atoms with Crippen LogP contribution in [-0.4, -0.2) is 40.7 Å². The van der Waals surface area contributed by atoms with Crippen LogP contribution in [0.4, 0.5) is 4.79 Å². The number of nitrogens with one attached hydrogen (secondary N) is 1. The van der Waals surface area contributed by atoms with Crippen molar-refractivity contribution in [1.29, 1.82) is 0 Å². The van der Waals surface area contributed by atoms with Gasteiger partial charge in [-0.25, -0.2) is 4.79 Å². The molecule has 0 fully saturated rings. The fraction of sp³-hybridized carbons (Fsp3) is 0.316. The van der Waals surface area contributed by atoms with Crippen LogP contribution in [0.3, 0.4) is 0 Å². The van der Waals surface area contributed by atoms with Crippen molar-refractivity contribution in [1.82, 2.24) is 5.32 Å². The Balaban J connectivity index is 1.76. The van der Waals surface area contributed by atoms with Crippen LogP contribution in [0.1, 0.15) is 22.8 Å². The first-order valence-electron chi connectivity index (χ1n) is 8.10. The van der Waals surface area contributed by atoms with E-state index in [4.69, 9.17) is 9.84 Å². The van der Waals surface area contributed by atoms with E-state index < -0.39 is 18.3 Å². The molecular weight excluding hydrogens is 322 g/mol. The minimum atomic E-state index is -1.16. The van der Waals surface area contributed by atoms with Gasteiger partial charge in [0, 0.05) is 13.2 Å². The molecule has 2 rings (SSSR count). The third-order valence-corrected chi connectivity index (χ3v) is 3.75. The molecule has 0 aliphatic heterocycles. The number of aliphatic hydroxyl groups excluding tert-OH is 3. The zero-order valence-corrected chi connectivity index (χ0v) is 13.8. The van der Waals surface area contributed by atoms with E-state index in [0.29, 0.717) is 12.0 Å². The van der Waals surface area contributed by atoms with Gasteiger partial charge in [0.05, 0.1) is 0 Å². The fourth-order valence-corrected chi connectivity index (χ4v) is 2.31. The van der Waals surface area contributed by atoms with Gasteiger partial charge in [0.15, 0.2) is 0 Å². The van der Waals surface area contributed by atoms with Crippen molar-refractivity contribution in [2.24, 2.45) is 0 Å². The lowest BCUT2D eigenvalue weighted by atomic mass is 10.0. The number of ether oxygens (including phenoxy) is 1. The molecule has 0 saturated carbocycles. The van der Waals surface area contributed by atoms with E-state index in [1.807, 2.05) is 30.3 Å². The van der Waals surface area contributed by atoms with Crippen LogP contribution in [0.5, 0.6) is 0 Å². The highest BCUT2D eigenvalue weighted by Gasteiger charge is 2.19. The van der Waals surface area contributed by atoms with E-state index in [0.717, 1.165) is 11.1 Å². The van der Waals surface area contributed by atoms with Gasteiger partial charge in [0.2, 0.25) is 0 Å². The molecule has 1 amide bonds. The van der Waals surface area contributed by atoms with Crippen molar-refractivity contribution < 1.29 is 24.9 Å². The Morgan fingerprint density at radius 3 is 2.32 bits per heavy atom. The van der Waals surface area contributed by atoms with Gasteiger partial charge >= 0.3 is 6.09 Å². The molecule has 0 saturated heterocycles. The van der Waals surface area contributed by atoms with Crippen LogP contribution in [-0.2, 0) is 17.8 Å². The summed E-state index contributed by atoms with van der Waals surface area (Å²) in [7, 11) is 0. The number of carbonyl (C=O) groups is 1. The van der Waals surface area contributed by atoms with Crippen molar-refractivity contribution >= 4 is 6.09 Å². The molecule has 0 aromatic heterocycles. The van der Waals surface area contributed by atoms with Gasteiger partial charge in [-0.15, -0.1) is 0 Å². The first-order chi connectivity index (χ1) is 12.1. The standard InChI is InChI=1S/C19H23NO5/c21-11-10-14-6-8-16(9-7-14)18(23)17(22)12-20-19(24)25-13-15-4-2-1-3-5-15/h1-9,17-18,21-23H,10-13H2,(H,20,24). The maximum absolute atomic E-state index is 11.6. The molecule has 25 heavy (non-hydrogen) atoms. The highest BCUT2D eigenvalue weighted by atomic mass is 16.5. The zero-order chi connectivity index (χ0) is 18.1. The molecule has 134 valence electrons. The van der Waals surface area contributed by atoms with Gasteiger partial charge in [-0.2, -0.15) is 0 Å². The third-order valence-electron chi connectivity index (χ3n) is 3.75. The monoisotopic (exact) mass is 345 g/mol. The average Bonchev–Trinajstić information content (AvgIpc) is 2.65. The van der Waals surface area contributed by atoms with Crippen LogP contribution < -0.4 is 5.32 Å². The van der Waals surface area contributed by atoms with Crippen molar-refractivity contribution in [3.8, 4) is 0 Å². The Labute approximate surface area is 146 Å². The predicted molar refractivity (Wildman–Crippen MR) is 92.8 cm³/mol. The smallest absolute Gasteiger partial charge is 0.407 e. The van der Waals surface area contributed by atoms with Crippen LogP contribution in [0, 0.1) is 0 Å². The third kappa shape index (κ3) is 6.19. The summed E-state index contributed by atoms with van der Waals surface area (Å²) in [4.78, 5) is 11.6. The number of amides is 1. The second-order valence-electron chi connectivity index (χ2n) is 5.67. The molecule has 4 N–H and O–H groups in total. The van der Waals surface area contributed by atoms with Crippen LogP contribution >= 0.6 is 0 Å². The zero-order valence-electron chi connectivity index (χ0n) is 13.8. The summed E-state index contributed by atoms with van der Waals surface area (Å²) in [6, 6.07) is 16.2. The molecule has 2 aromatic rings. The lowest BCUT2D eigenvalue weighted by molar-refractivity contribution is 0.0184. The second kappa shape index (κ2) is 9.78. The van der Waals surface area contributed by atoms with Crippen LogP contribution in [0.25, 0.3) is 0 Å². The summed E-state index contributed by atoms with van der Waals surface area (Å²) in [6.07, 6.45) is -2.41. The molecule has 6 nitrogen and oxygen atoms in total. The molecule has 0 aliphatic carbocycles. The minimum absolute atomic E-state index is 0.0551. The van der Waals surface area contributed by atoms with E-state index in [9.17, 15) is 15.0 Å². The molecule has 0 bridgehead atoms. The molecule has 2 aromatic carbocycles. The summed E-state index contributed by atoms with van der Waals surface area (Å²) in [5.74, 6) is 0. The molecule has 0 aliphatic rings. The van der Waals surface area contributed by atoms with Crippen molar-refractivity contribution in [2.75, 3.05) is 13.2 Å². The van der Waals surface area contributed by atoms with E-state index in [1.54, 1.807) is 24.3 Å². The Kier molecular flexibility index (Phi) is 7.40. The number of alkyl carbamates (subject to hydrolysis) is 1. The number of hydrogen-bond acceptors (Lipinski definition) is 5. The Morgan fingerprint density at radius 2 is 1.68 bits per heavy atom. The van der Waals surface area contributed by atoms with Crippen LogP contribution in [0.2, 0.25) is 0 Å². The van der Waals surface area contributed by atoms with Gasteiger partial charge in [0.1, 0.15) is 18.8 Å². The van der Waals surface area contributed by atoms with Crippen molar-refractivity contribution in [3.05, 3.63) is 71.3 Å². The van der Waals surface area contributed by atoms with Crippen LogP contribution in [0.15, 0.2) is 54.6 Å². The van der Waals surface area contributed by atoms with Gasteiger partial charge in [-0.05, 0) is 23.1 Å². The quantitative estimate of drug-likeness (QED) is 0.582. The maximum atomic E-state index is 11.6. The van der Waals surface area contributed by atoms with Crippen molar-refractivity contribution in [2.45, 2.75) is 25.2 Å². The predicted octanol–water partition coefficient (Wildman–Crippen LogP) is 1.54. The number of benzene rings is 2. The molecule has 0 radical (unpaired) electrons. The normalized spacial score (nSPS) is 13.1. The van der Waals surface area contributed by atoms with E-state index in [2.05, 4.69) is 5.32 Å². The van der Waals surface area contributed by atoms with Gasteiger partial charge in [-0.1, -0.05) is 54.6 Å². The molecule has 0 heterocycles. The van der Waals surface area contributed by atoms with E-state index >= 15 is 0 Å². The molecule has 2 atom stereocenters. The first-order valence-corrected chi connectivity index (χ1v) is 8.10. The Morgan fingerprint density at radius 1 is 1.00 bits per heavy atom. The summed E-state index contributed by atoms with van der Waals surface area (Å²) >= 11 is 0. The topological polar surface area (TPSA) is 99.0 Å². The highest BCUT2D eigenvalue weighted by molar-refractivity contribution is 5.67. The summed E-state index contributed by atoms with van der Waals surface area (Å²) < 4.78 is 5.04. The number of carbonyl (C=O) groups excluding carboxylic acids is 1. The fourth-order valence-electron chi connectivity index (χ4n) is 2.31. The summed E-state index contributed by atoms with van der Waals surface area (Å²) in [5, 5.41) is 31.5. The molecule has 0 spiro atoms. The summed E-state index contributed by atoms with van der Waals surface area (Å²) in [6.45, 7) is 0.0599. The van der Waals surface area contributed by atoms with Gasteiger partial charge in [-0.3, -0.25) is 0 Å². The highest BCUT2D eigenvalue weighted by Crippen LogP contribution is 2.17. The number of aliphatic hydroxyl groups is 3. The van der Waals surface area contributed by atoms with Gasteiger partial charge in [0.25, 0.3) is 0 Å². The average molecular weight is 345 g/mol. The largest absolute Gasteiger partial charge is 0.445 e. The van der Waals surface area contributed by atoms with Crippen molar-refractivity contribution in [3.63, 3.8) is 0 Å². The lowest BCUT2D eigenvalue weighted by Gasteiger charge is -2.19. The molecule has 2 unspecified atom stereocenters. The first kappa shape index (κ1) is 18.9. The molecular formula is C19H23NO5. The number of rotatable bonds is 8. The Hall–Kier alpha value is -2.41. The second-order valence-corrected chi connectivity index (χ2v) is 5.67. The Bertz CT molecular complexity index is 645. The van der Waals surface area contributed by atoms with E-state index in [-0.39, 0.29) is 19.8 Å². The summed E-state index contributed by atoms with van der Waals surface area (Å²) in [5.41, 5.74) is 2.34. The van der Waals surface area contributed by atoms with Gasteiger partial charge < -0.3 is 25.4 Å². The van der Waals surface area contributed by atoms with E-state index in [1.165, 1.54) is 0 Å². The maximum Gasteiger partial charge on any atom is 0.407 e. The minimum Gasteiger partial charge on any atom is -0.445 e.